The molecule has 3 aromatic heterocycles. The summed E-state index contributed by atoms with van der Waals surface area (Å²) in [5.74, 6) is 1.54. The number of hydrogen-bond acceptors (Lipinski definition) is 7. The zero-order valence-electron chi connectivity index (χ0n) is 14.4. The first-order valence-electron chi connectivity index (χ1n) is 8.16. The maximum Gasteiger partial charge on any atom is 0.280 e. The molecule has 0 aliphatic rings. The first-order valence-corrected chi connectivity index (χ1v) is 8.54. The van der Waals surface area contributed by atoms with Gasteiger partial charge in [0.2, 0.25) is 5.89 Å². The van der Waals surface area contributed by atoms with Gasteiger partial charge in [-0.1, -0.05) is 16.8 Å². The van der Waals surface area contributed by atoms with Crippen molar-refractivity contribution in [1.29, 1.82) is 0 Å². The van der Waals surface area contributed by atoms with Crippen molar-refractivity contribution in [2.75, 3.05) is 6.61 Å². The molecular weight excluding hydrogens is 372 g/mol. The van der Waals surface area contributed by atoms with Gasteiger partial charge in [-0.2, -0.15) is 4.98 Å². The lowest BCUT2D eigenvalue weighted by Crippen LogP contribution is -2.22. The zero-order chi connectivity index (χ0) is 18.8. The average Bonchev–Trinajstić information content (AvgIpc) is 3.26. The second kappa shape index (κ2) is 7.20. The van der Waals surface area contributed by atoms with Crippen LogP contribution in [0.5, 0.6) is 5.75 Å². The lowest BCUT2D eigenvalue weighted by Gasteiger charge is -2.03. The van der Waals surface area contributed by atoms with Crippen LogP contribution in [0.1, 0.15) is 11.7 Å². The third-order valence-electron chi connectivity index (χ3n) is 3.92. The highest BCUT2D eigenvalue weighted by atomic mass is 35.5. The molecule has 0 aliphatic heterocycles. The average molecular weight is 387 g/mol. The van der Waals surface area contributed by atoms with E-state index in [0.717, 1.165) is 0 Å². The Kier molecular flexibility index (Phi) is 4.59. The number of ether oxygens (including phenoxy) is 1. The van der Waals surface area contributed by atoms with Crippen LogP contribution in [0.3, 0.4) is 0 Å². The largest absolute Gasteiger partial charge is 0.493 e. The van der Waals surface area contributed by atoms with E-state index in [1.165, 1.54) is 10.9 Å². The highest BCUT2D eigenvalue weighted by Gasteiger charge is 2.12. The van der Waals surface area contributed by atoms with E-state index < -0.39 is 0 Å². The van der Waals surface area contributed by atoms with Crippen molar-refractivity contribution < 1.29 is 9.26 Å². The number of rotatable bonds is 6. The summed E-state index contributed by atoms with van der Waals surface area (Å²) in [6, 6.07) is 7.10. The lowest BCUT2D eigenvalue weighted by atomic mass is 10.3. The van der Waals surface area contributed by atoms with Gasteiger partial charge in [-0.3, -0.25) is 9.36 Å². The molecule has 0 bridgehead atoms. The minimum atomic E-state index is -0.217. The number of imidazole rings is 1. The van der Waals surface area contributed by atoms with Gasteiger partial charge in [-0.05, 0) is 24.3 Å². The zero-order valence-corrected chi connectivity index (χ0v) is 15.1. The fourth-order valence-corrected chi connectivity index (χ4v) is 2.70. The Balaban J connectivity index is 1.41. The molecule has 0 aliphatic carbocycles. The summed E-state index contributed by atoms with van der Waals surface area (Å²) in [6.07, 6.45) is 3.44. The maximum absolute atomic E-state index is 12.5. The van der Waals surface area contributed by atoms with Crippen molar-refractivity contribution in [3.63, 3.8) is 0 Å². The second-order valence-corrected chi connectivity index (χ2v) is 6.30. The Labute approximate surface area is 158 Å². The monoisotopic (exact) mass is 386 g/mol. The second-order valence-electron chi connectivity index (χ2n) is 5.86. The van der Waals surface area contributed by atoms with E-state index in [-0.39, 0.29) is 12.1 Å². The topological polar surface area (TPSA) is 101 Å². The third-order valence-corrected chi connectivity index (χ3v) is 4.18. The molecule has 0 unspecified atom stereocenters. The van der Waals surface area contributed by atoms with E-state index in [2.05, 4.69) is 20.1 Å². The summed E-state index contributed by atoms with van der Waals surface area (Å²) in [6.45, 7) is 0.529. The van der Waals surface area contributed by atoms with E-state index >= 15 is 0 Å². The molecule has 0 saturated carbocycles. The first kappa shape index (κ1) is 17.2. The molecule has 0 N–H and O–H groups in total. The van der Waals surface area contributed by atoms with Crippen LogP contribution >= 0.6 is 11.6 Å². The van der Waals surface area contributed by atoms with Gasteiger partial charge in [0.1, 0.15) is 18.6 Å². The van der Waals surface area contributed by atoms with E-state index in [9.17, 15) is 4.79 Å². The minimum absolute atomic E-state index is 0.137. The van der Waals surface area contributed by atoms with Crippen molar-refractivity contribution in [3.05, 3.63) is 64.0 Å². The number of hydrogen-bond donors (Lipinski definition) is 0. The van der Waals surface area contributed by atoms with Crippen LogP contribution in [0, 0.1) is 0 Å². The SMILES string of the molecule is Cn1cnc2ncn(Cc3nc(CCOc4ccc(Cl)cc4)no3)c(=O)c21. The summed E-state index contributed by atoms with van der Waals surface area (Å²) in [5, 5.41) is 4.57. The molecule has 0 saturated heterocycles. The van der Waals surface area contributed by atoms with Crippen molar-refractivity contribution >= 4 is 22.8 Å². The molecule has 3 heterocycles. The van der Waals surface area contributed by atoms with Gasteiger partial charge >= 0.3 is 0 Å². The van der Waals surface area contributed by atoms with Crippen molar-refractivity contribution in [3.8, 4) is 5.75 Å². The number of halogens is 1. The highest BCUT2D eigenvalue weighted by Crippen LogP contribution is 2.15. The molecule has 0 amide bonds. The van der Waals surface area contributed by atoms with E-state index in [1.807, 2.05) is 0 Å². The van der Waals surface area contributed by atoms with Crippen LogP contribution in [0.15, 0.2) is 46.2 Å². The summed E-state index contributed by atoms with van der Waals surface area (Å²) < 4.78 is 13.9. The molecule has 9 nitrogen and oxygen atoms in total. The number of fused-ring (bicyclic) bond motifs is 1. The fraction of sp³-hybridized carbons (Fsp3) is 0.235. The standard InChI is InChI=1S/C17H15ClN6O3/c1-23-9-19-16-15(23)17(25)24(10-20-16)8-14-21-13(22-27-14)6-7-26-12-4-2-11(18)3-5-12/h2-5,9-10H,6-8H2,1H3. The molecule has 0 atom stereocenters. The van der Waals surface area contributed by atoms with Crippen LogP contribution in [0.2, 0.25) is 5.02 Å². The van der Waals surface area contributed by atoms with Crippen molar-refractivity contribution in [2.45, 2.75) is 13.0 Å². The fourth-order valence-electron chi connectivity index (χ4n) is 2.58. The normalized spacial score (nSPS) is 11.2. The van der Waals surface area contributed by atoms with Gasteiger partial charge in [-0.15, -0.1) is 0 Å². The Hall–Kier alpha value is -3.20. The Bertz CT molecular complexity index is 1130. The van der Waals surface area contributed by atoms with Crippen LogP contribution in [-0.2, 0) is 20.0 Å². The van der Waals surface area contributed by atoms with Gasteiger partial charge < -0.3 is 13.8 Å². The van der Waals surface area contributed by atoms with E-state index in [4.69, 9.17) is 20.9 Å². The molecule has 10 heteroatoms. The molecule has 4 aromatic rings. The smallest absolute Gasteiger partial charge is 0.280 e. The number of aryl methyl sites for hydroxylation is 1. The Morgan fingerprint density at radius 3 is 2.78 bits per heavy atom. The lowest BCUT2D eigenvalue weighted by molar-refractivity contribution is 0.313. The number of benzene rings is 1. The van der Waals surface area contributed by atoms with Crippen LogP contribution in [0.4, 0.5) is 0 Å². The third kappa shape index (κ3) is 3.68. The van der Waals surface area contributed by atoms with Gasteiger partial charge in [-0.25, -0.2) is 9.97 Å². The molecule has 4 rings (SSSR count). The van der Waals surface area contributed by atoms with Crippen LogP contribution in [-0.4, -0.2) is 35.8 Å². The quantitative estimate of drug-likeness (QED) is 0.498. The van der Waals surface area contributed by atoms with Gasteiger partial charge in [0.05, 0.1) is 12.9 Å². The van der Waals surface area contributed by atoms with E-state index in [0.29, 0.717) is 46.7 Å². The van der Waals surface area contributed by atoms with Crippen LogP contribution in [0.25, 0.3) is 11.2 Å². The van der Waals surface area contributed by atoms with Crippen LogP contribution < -0.4 is 10.3 Å². The minimum Gasteiger partial charge on any atom is -0.493 e. The molecule has 0 fully saturated rings. The molecule has 138 valence electrons. The van der Waals surface area contributed by atoms with Crippen molar-refractivity contribution in [2.24, 2.45) is 7.05 Å². The summed E-state index contributed by atoms with van der Waals surface area (Å²) >= 11 is 5.83. The van der Waals surface area contributed by atoms with Gasteiger partial charge in [0, 0.05) is 18.5 Å². The molecular formula is C17H15ClN6O3. The molecule has 1 aromatic carbocycles. The predicted octanol–water partition coefficient (Wildman–Crippen LogP) is 1.84. The Morgan fingerprint density at radius 2 is 1.96 bits per heavy atom. The molecule has 0 spiro atoms. The van der Waals surface area contributed by atoms with E-state index in [1.54, 1.807) is 42.2 Å². The first-order chi connectivity index (χ1) is 13.1. The molecule has 27 heavy (non-hydrogen) atoms. The predicted molar refractivity (Wildman–Crippen MR) is 96.8 cm³/mol. The van der Waals surface area contributed by atoms with Gasteiger partial charge in [0.25, 0.3) is 5.56 Å². The van der Waals surface area contributed by atoms with Crippen molar-refractivity contribution in [1.82, 2.24) is 29.2 Å². The number of aromatic nitrogens is 6. The van der Waals surface area contributed by atoms with Gasteiger partial charge in [0.15, 0.2) is 17.0 Å². The molecule has 0 radical (unpaired) electrons. The maximum atomic E-state index is 12.5. The summed E-state index contributed by atoms with van der Waals surface area (Å²) in [4.78, 5) is 25.0. The number of nitrogens with zero attached hydrogens (tertiary/aromatic N) is 6. The highest BCUT2D eigenvalue weighted by molar-refractivity contribution is 6.30. The summed E-state index contributed by atoms with van der Waals surface area (Å²) in [7, 11) is 1.74. The summed E-state index contributed by atoms with van der Waals surface area (Å²) in [5.41, 5.74) is 0.615. The Morgan fingerprint density at radius 1 is 1.19 bits per heavy atom.